The van der Waals surface area contributed by atoms with Crippen LogP contribution in [0.15, 0.2) is 24.3 Å². The van der Waals surface area contributed by atoms with Crippen LogP contribution in [-0.2, 0) is 21.1 Å². The van der Waals surface area contributed by atoms with Crippen LogP contribution in [0.3, 0.4) is 0 Å². The summed E-state index contributed by atoms with van der Waals surface area (Å²) >= 11 is 2.91. The van der Waals surface area contributed by atoms with E-state index >= 15 is 0 Å². The van der Waals surface area contributed by atoms with E-state index in [1.807, 2.05) is 25.1 Å². The van der Waals surface area contributed by atoms with Crippen molar-refractivity contribution in [1.82, 2.24) is 0 Å². The number of hydrogen-bond acceptors (Lipinski definition) is 1. The molecule has 0 amide bonds. The molecule has 0 heterocycles. The molecule has 1 nitrogen and oxygen atoms in total. The van der Waals surface area contributed by atoms with E-state index in [1.54, 1.807) is 6.07 Å². The van der Waals surface area contributed by atoms with Crippen molar-refractivity contribution in [1.29, 1.82) is 0 Å². The van der Waals surface area contributed by atoms with Crippen LogP contribution < -0.4 is 0 Å². The number of carbonyl (C=O) groups is 1. The zero-order valence-corrected chi connectivity index (χ0v) is 7.00. The van der Waals surface area contributed by atoms with Crippen molar-refractivity contribution in [2.24, 2.45) is 0 Å². The summed E-state index contributed by atoms with van der Waals surface area (Å²) in [7, 11) is 0. The molecule has 0 N–H and O–H groups in total. The van der Waals surface area contributed by atoms with Crippen molar-refractivity contribution < 1.29 is 25.9 Å². The van der Waals surface area contributed by atoms with E-state index < -0.39 is 0 Å². The van der Waals surface area contributed by atoms with Crippen molar-refractivity contribution in [3.05, 3.63) is 35.4 Å². The number of carbonyl (C=O) groups excluding carboxylic acids is 1. The second-order valence-electron chi connectivity index (χ2n) is 2.05. The van der Waals surface area contributed by atoms with Gasteiger partial charge in [0.2, 0.25) is 0 Å². The Hall–Kier alpha value is -0.370. The molecule has 0 bridgehead atoms. The average Bonchev–Trinajstić information content (AvgIpc) is 1.88. The molecule has 2 heteroatoms. The predicted octanol–water partition coefficient (Wildman–Crippen LogP) is 1.68. The Bertz CT molecular complexity index is 255. The van der Waals surface area contributed by atoms with E-state index in [-0.39, 0.29) is 4.00 Å². The van der Waals surface area contributed by atoms with Crippen molar-refractivity contribution in [2.75, 3.05) is 0 Å². The van der Waals surface area contributed by atoms with Gasteiger partial charge < -0.3 is 0 Å². The van der Waals surface area contributed by atoms with Gasteiger partial charge in [0.25, 0.3) is 0 Å². The first-order chi connectivity index (χ1) is 4.72. The van der Waals surface area contributed by atoms with Crippen LogP contribution in [0.1, 0.15) is 15.9 Å². The van der Waals surface area contributed by atoms with Gasteiger partial charge in [-0.2, -0.15) is 0 Å². The molecular weight excluding hydrogens is 220 g/mol. The molecule has 1 rings (SSSR count). The predicted molar refractivity (Wildman–Crippen MR) is 35.5 cm³/mol. The van der Waals surface area contributed by atoms with E-state index in [9.17, 15) is 4.79 Å². The van der Waals surface area contributed by atoms with E-state index in [0.717, 1.165) is 11.1 Å². The third kappa shape index (κ3) is 1.57. The van der Waals surface area contributed by atoms with Crippen LogP contribution in [0.2, 0.25) is 0 Å². The fourth-order valence-corrected chi connectivity index (χ4v) is 1.19. The first-order valence-electron chi connectivity index (χ1n) is 2.93. The van der Waals surface area contributed by atoms with Gasteiger partial charge in [0.15, 0.2) is 0 Å². The molecule has 0 saturated carbocycles. The Labute approximate surface area is 72.4 Å². The molecule has 0 aromatic heterocycles. The average molecular weight is 227 g/mol. The summed E-state index contributed by atoms with van der Waals surface area (Å²) in [6, 6.07) is 7.47. The summed E-state index contributed by atoms with van der Waals surface area (Å²) < 4.78 is -0.0529. The summed E-state index contributed by atoms with van der Waals surface area (Å²) in [4.78, 5) is 10.8. The topological polar surface area (TPSA) is 17.1 Å². The molecule has 0 unspecified atom stereocenters. The summed E-state index contributed by atoms with van der Waals surface area (Å²) in [6.45, 7) is 1.91. The standard InChI is InChI=1S/C8H7O.Ag/c1-7-4-2-3-5-8(7)6-9;/h2-5H,1H3;. The van der Waals surface area contributed by atoms with Crippen molar-refractivity contribution in [2.45, 2.75) is 6.92 Å². The van der Waals surface area contributed by atoms with Gasteiger partial charge in [-0.05, 0) is 0 Å². The molecule has 1 aromatic rings. The Morgan fingerprint density at radius 3 is 2.40 bits per heavy atom. The zero-order valence-electron chi connectivity index (χ0n) is 5.52. The third-order valence-electron chi connectivity index (χ3n) is 1.34. The molecule has 0 saturated heterocycles. The van der Waals surface area contributed by atoms with E-state index in [4.69, 9.17) is 0 Å². The van der Waals surface area contributed by atoms with E-state index in [1.165, 1.54) is 0 Å². The molecular formula is C8H7AgO. The summed E-state index contributed by atoms with van der Waals surface area (Å²) in [5, 5.41) is 0. The molecule has 0 aliphatic rings. The minimum atomic E-state index is -0.0529. The van der Waals surface area contributed by atoms with Gasteiger partial charge in [0.1, 0.15) is 0 Å². The SMILES string of the molecule is Cc1ccccc1[C](=O)[Ag]. The van der Waals surface area contributed by atoms with Crippen LogP contribution in [-0.4, -0.2) is 4.00 Å². The Kier molecular flexibility index (Phi) is 2.44. The third-order valence-corrected chi connectivity index (χ3v) is 1.74. The van der Waals surface area contributed by atoms with Crippen molar-refractivity contribution in [3.63, 3.8) is 0 Å². The van der Waals surface area contributed by atoms with Crippen LogP contribution in [0.4, 0.5) is 0 Å². The molecule has 1 aromatic carbocycles. The van der Waals surface area contributed by atoms with Gasteiger partial charge in [-0.3, -0.25) is 0 Å². The first-order valence-corrected chi connectivity index (χ1v) is 3.67. The normalized spacial score (nSPS) is 9.50. The minimum absolute atomic E-state index is 0.0529. The fourth-order valence-electron chi connectivity index (χ4n) is 0.772. The molecule has 0 atom stereocenters. The summed E-state index contributed by atoms with van der Waals surface area (Å²) in [6.07, 6.45) is 0. The molecule has 0 radical (unpaired) electrons. The summed E-state index contributed by atoms with van der Waals surface area (Å²) in [5.41, 5.74) is 1.74. The van der Waals surface area contributed by atoms with Crippen LogP contribution >= 0.6 is 0 Å². The van der Waals surface area contributed by atoms with Gasteiger partial charge in [0.05, 0.1) is 0 Å². The molecule has 0 aliphatic heterocycles. The molecule has 0 fully saturated rings. The van der Waals surface area contributed by atoms with E-state index in [0.29, 0.717) is 0 Å². The first kappa shape index (κ1) is 7.73. The maximum absolute atomic E-state index is 10.8. The van der Waals surface area contributed by atoms with E-state index in [2.05, 4.69) is 21.1 Å². The van der Waals surface area contributed by atoms with Gasteiger partial charge in [-0.1, -0.05) is 0 Å². The van der Waals surface area contributed by atoms with Gasteiger partial charge >= 0.3 is 72.2 Å². The van der Waals surface area contributed by atoms with Crippen LogP contribution in [0, 0.1) is 6.92 Å². The Balaban J connectivity index is 3.15. The van der Waals surface area contributed by atoms with Crippen LogP contribution in [0.25, 0.3) is 0 Å². The second kappa shape index (κ2) is 3.15. The van der Waals surface area contributed by atoms with Crippen molar-refractivity contribution >= 4 is 4.00 Å². The maximum atomic E-state index is 10.8. The number of hydrogen-bond donors (Lipinski definition) is 0. The van der Waals surface area contributed by atoms with Gasteiger partial charge in [-0.15, -0.1) is 0 Å². The van der Waals surface area contributed by atoms with Crippen LogP contribution in [0.5, 0.6) is 0 Å². The van der Waals surface area contributed by atoms with Gasteiger partial charge in [0, 0.05) is 0 Å². The number of rotatable bonds is 1. The Morgan fingerprint density at radius 1 is 1.40 bits per heavy atom. The quantitative estimate of drug-likeness (QED) is 0.667. The molecule has 56 valence electrons. The number of aryl methyl sites for hydroxylation is 1. The zero-order chi connectivity index (χ0) is 7.56. The second-order valence-corrected chi connectivity index (χ2v) is 2.73. The fraction of sp³-hybridized carbons (Fsp3) is 0.125. The molecule has 10 heavy (non-hydrogen) atoms. The monoisotopic (exact) mass is 226 g/mol. The Morgan fingerprint density at radius 2 is 2.00 bits per heavy atom. The summed E-state index contributed by atoms with van der Waals surface area (Å²) in [5.74, 6) is 0. The van der Waals surface area contributed by atoms with Crippen molar-refractivity contribution in [3.8, 4) is 0 Å². The number of benzene rings is 1. The molecule has 0 aliphatic carbocycles. The van der Waals surface area contributed by atoms with Gasteiger partial charge in [-0.25, -0.2) is 0 Å². The molecule has 0 spiro atoms.